The van der Waals surface area contributed by atoms with Gasteiger partial charge in [0, 0.05) is 69.1 Å². The number of carbonyl (C=O) groups is 2. The first-order chi connectivity index (χ1) is 26.3. The van der Waals surface area contributed by atoms with Crippen LogP contribution in [0, 0.1) is 0 Å². The van der Waals surface area contributed by atoms with Crippen LogP contribution < -0.4 is 21.6 Å². The number of nitrogens with one attached hydrogen (secondary N) is 3. The fourth-order valence-corrected chi connectivity index (χ4v) is 7.79. The normalized spacial score (nSPS) is 19.1. The number of ether oxygens (including phenoxy) is 1. The highest BCUT2D eigenvalue weighted by molar-refractivity contribution is 6.00. The van der Waals surface area contributed by atoms with Gasteiger partial charge in [-0.3, -0.25) is 24.0 Å². The summed E-state index contributed by atoms with van der Waals surface area (Å²) in [6.45, 7) is 5.73. The van der Waals surface area contributed by atoms with Crippen LogP contribution in [0.2, 0.25) is 0 Å². The highest BCUT2D eigenvalue weighted by Crippen LogP contribution is 2.37. The van der Waals surface area contributed by atoms with E-state index in [2.05, 4.69) is 62.9 Å². The number of fused-ring (bicyclic) bond motifs is 2. The van der Waals surface area contributed by atoms with Crippen LogP contribution in [-0.4, -0.2) is 73.0 Å². The van der Waals surface area contributed by atoms with Crippen LogP contribution in [-0.2, 0) is 34.3 Å². The van der Waals surface area contributed by atoms with Crippen LogP contribution in [0.5, 0.6) is 0 Å². The van der Waals surface area contributed by atoms with Crippen molar-refractivity contribution in [3.05, 3.63) is 76.5 Å². The van der Waals surface area contributed by atoms with Gasteiger partial charge in [-0.15, -0.1) is 0 Å². The second kappa shape index (κ2) is 17.1. The number of unbranched alkanes of at least 4 members (excludes halogenated alkanes) is 1. The molecule has 5 aromatic rings. The molecule has 4 N–H and O–H groups in total. The van der Waals surface area contributed by atoms with Crippen LogP contribution >= 0.6 is 0 Å². The fraction of sp³-hybridized carbons (Fsp3) is 0.488. The van der Waals surface area contributed by atoms with Gasteiger partial charge in [0.1, 0.15) is 11.7 Å². The van der Waals surface area contributed by atoms with Crippen LogP contribution in [0.3, 0.4) is 0 Å². The molecule has 1 atom stereocenters. The van der Waals surface area contributed by atoms with Crippen molar-refractivity contribution in [2.24, 2.45) is 7.05 Å². The maximum atomic E-state index is 13.0. The number of hydrogen-bond acceptors (Lipinski definition) is 9. The van der Waals surface area contributed by atoms with E-state index in [1.165, 1.54) is 10.1 Å². The highest BCUT2D eigenvalue weighted by Gasteiger charge is 2.31. The van der Waals surface area contributed by atoms with Gasteiger partial charge in [0.15, 0.2) is 0 Å². The van der Waals surface area contributed by atoms with Gasteiger partial charge in [-0.25, -0.2) is 9.78 Å². The molecule has 54 heavy (non-hydrogen) atoms. The molecule has 0 spiro atoms. The molecule has 2 fully saturated rings. The van der Waals surface area contributed by atoms with E-state index >= 15 is 0 Å². The summed E-state index contributed by atoms with van der Waals surface area (Å²) in [4.78, 5) is 46.7. The van der Waals surface area contributed by atoms with Crippen LogP contribution in [0.1, 0.15) is 87.9 Å². The summed E-state index contributed by atoms with van der Waals surface area (Å²) in [5.41, 5.74) is 6.69. The van der Waals surface area contributed by atoms with Gasteiger partial charge in [-0.2, -0.15) is 4.98 Å². The van der Waals surface area contributed by atoms with Crippen LogP contribution in [0.15, 0.2) is 59.7 Å². The molecule has 4 heterocycles. The van der Waals surface area contributed by atoms with E-state index < -0.39 is 11.9 Å². The first-order valence-electron chi connectivity index (χ1n) is 19.5. The summed E-state index contributed by atoms with van der Waals surface area (Å²) in [5, 5.41) is 20.4. The summed E-state index contributed by atoms with van der Waals surface area (Å²) in [7, 11) is 1.71. The lowest BCUT2D eigenvalue weighted by Gasteiger charge is -2.27. The Hall–Kier alpha value is -4.85. The zero-order valence-electron chi connectivity index (χ0n) is 31.4. The lowest BCUT2D eigenvalue weighted by molar-refractivity contribution is -0.135. The number of aliphatic hydroxyl groups is 1. The Morgan fingerprint density at radius 1 is 0.944 bits per heavy atom. The lowest BCUT2D eigenvalue weighted by atomic mass is 9.93. The molecule has 2 aromatic carbocycles. The summed E-state index contributed by atoms with van der Waals surface area (Å²) in [6, 6.07) is 14.2. The Bertz CT molecular complexity index is 2140. The molecular formula is C41H52N8O5. The average Bonchev–Trinajstić information content (AvgIpc) is 3.67. The number of aliphatic hydroxyl groups excluding tert-OH is 1. The topological polar surface area (TPSA) is 157 Å². The number of aryl methyl sites for hydroxylation is 2. The summed E-state index contributed by atoms with van der Waals surface area (Å²) in [6.07, 6.45) is 11.8. The van der Waals surface area contributed by atoms with Crippen molar-refractivity contribution in [3.63, 3.8) is 0 Å². The SMILES string of the molecule is CCCCNc1ncc2c(-c3ccc(CNCCOCCCc4ccc5c(c4)n(C)c(=O)n5[C@H]4CCC(=O)NC4=O)cc3)cn(C3CCC(O)CC3)c2n1. The number of imide groups is 1. The van der Waals surface area contributed by atoms with E-state index in [0.717, 1.165) is 104 Å². The minimum Gasteiger partial charge on any atom is -0.393 e. The average molecular weight is 737 g/mol. The predicted molar refractivity (Wildman–Crippen MR) is 209 cm³/mol. The van der Waals surface area contributed by atoms with Crippen LogP contribution in [0.25, 0.3) is 33.2 Å². The van der Waals surface area contributed by atoms with Gasteiger partial charge in [-0.1, -0.05) is 43.7 Å². The number of aromatic nitrogens is 5. The number of piperidine rings is 1. The van der Waals surface area contributed by atoms with Gasteiger partial charge < -0.3 is 25.0 Å². The Morgan fingerprint density at radius 3 is 2.52 bits per heavy atom. The molecule has 1 saturated heterocycles. The second-order valence-electron chi connectivity index (χ2n) is 14.7. The summed E-state index contributed by atoms with van der Waals surface area (Å²) >= 11 is 0. The molecule has 1 saturated carbocycles. The van der Waals surface area contributed by atoms with Crippen molar-refractivity contribution in [1.82, 2.24) is 34.3 Å². The Balaban J connectivity index is 0.885. The molecular weight excluding hydrogens is 685 g/mol. The van der Waals surface area contributed by atoms with Crippen molar-refractivity contribution < 1.29 is 19.4 Å². The Kier molecular flexibility index (Phi) is 11.9. The van der Waals surface area contributed by atoms with Crippen molar-refractivity contribution in [1.29, 1.82) is 0 Å². The van der Waals surface area contributed by atoms with E-state index in [9.17, 15) is 19.5 Å². The molecule has 13 nitrogen and oxygen atoms in total. The summed E-state index contributed by atoms with van der Waals surface area (Å²) in [5.74, 6) is -0.0650. The third-order valence-electron chi connectivity index (χ3n) is 10.9. The van der Waals surface area contributed by atoms with Crippen molar-refractivity contribution in [2.75, 3.05) is 31.6 Å². The number of benzene rings is 2. The molecule has 0 bridgehead atoms. The number of anilines is 1. The highest BCUT2D eigenvalue weighted by atomic mass is 16.5. The number of amides is 2. The molecule has 7 rings (SSSR count). The zero-order chi connectivity index (χ0) is 37.6. The molecule has 2 amide bonds. The maximum absolute atomic E-state index is 13.0. The Labute approximate surface area is 315 Å². The predicted octanol–water partition coefficient (Wildman–Crippen LogP) is 5.16. The van der Waals surface area contributed by atoms with E-state index in [0.29, 0.717) is 37.1 Å². The first-order valence-corrected chi connectivity index (χ1v) is 19.5. The van der Waals surface area contributed by atoms with Gasteiger partial charge in [0.05, 0.1) is 23.7 Å². The van der Waals surface area contributed by atoms with E-state index in [4.69, 9.17) is 9.72 Å². The minimum absolute atomic E-state index is 0.209. The lowest BCUT2D eigenvalue weighted by Crippen LogP contribution is -2.44. The molecule has 0 unspecified atom stereocenters. The molecule has 3 aromatic heterocycles. The second-order valence-corrected chi connectivity index (χ2v) is 14.7. The number of hydrogen-bond donors (Lipinski definition) is 4. The number of nitrogens with zero attached hydrogens (tertiary/aromatic N) is 5. The Morgan fingerprint density at radius 2 is 1.74 bits per heavy atom. The molecule has 1 aliphatic heterocycles. The number of rotatable bonds is 16. The van der Waals surface area contributed by atoms with Gasteiger partial charge in [0.25, 0.3) is 0 Å². The summed E-state index contributed by atoms with van der Waals surface area (Å²) < 4.78 is 11.3. The molecule has 2 aliphatic rings. The number of imidazole rings is 1. The van der Waals surface area contributed by atoms with Crippen molar-refractivity contribution >= 4 is 39.8 Å². The monoisotopic (exact) mass is 736 g/mol. The number of carbonyl (C=O) groups excluding carboxylic acids is 2. The zero-order valence-corrected chi connectivity index (χ0v) is 31.4. The first kappa shape index (κ1) is 37.5. The minimum atomic E-state index is -0.684. The van der Waals surface area contributed by atoms with Crippen LogP contribution in [0.4, 0.5) is 5.95 Å². The van der Waals surface area contributed by atoms with E-state index in [-0.39, 0.29) is 24.1 Å². The molecule has 13 heteroatoms. The molecule has 1 aliphatic carbocycles. The standard InChI is InChI=1S/C41H52N8O5/c1-3-4-19-43-40-44-25-32-33(26-48(38(32)46-40)30-12-14-31(50)15-13-30)29-10-7-28(8-11-29)24-42-20-22-54-21-5-6-27-9-16-34-36(23-27)47(2)41(53)49(34)35-17-18-37(51)45-39(35)52/h7-11,16,23,25-26,30-31,35,42,50H,3-6,12-15,17-22,24H2,1-2H3,(H,43,44,46)(H,45,51,52)/t30?,31?,35-/m0/s1. The van der Waals surface area contributed by atoms with Crippen molar-refractivity contribution in [3.8, 4) is 11.1 Å². The third-order valence-corrected chi connectivity index (χ3v) is 10.9. The maximum Gasteiger partial charge on any atom is 0.329 e. The molecule has 0 radical (unpaired) electrons. The van der Waals surface area contributed by atoms with Gasteiger partial charge in [-0.05, 0) is 80.2 Å². The third kappa shape index (κ3) is 8.28. The van der Waals surface area contributed by atoms with Crippen molar-refractivity contribution in [2.45, 2.75) is 95.9 Å². The van der Waals surface area contributed by atoms with E-state index in [1.807, 2.05) is 24.4 Å². The fourth-order valence-electron chi connectivity index (χ4n) is 7.79. The van der Waals surface area contributed by atoms with E-state index in [1.54, 1.807) is 11.6 Å². The quantitative estimate of drug-likeness (QED) is 0.0794. The molecule has 286 valence electrons. The van der Waals surface area contributed by atoms with Gasteiger partial charge >= 0.3 is 5.69 Å². The largest absolute Gasteiger partial charge is 0.393 e. The smallest absolute Gasteiger partial charge is 0.329 e. The van der Waals surface area contributed by atoms with Gasteiger partial charge in [0.2, 0.25) is 17.8 Å².